The zero-order valence-electron chi connectivity index (χ0n) is 10.3. The number of ketones is 1. The Bertz CT molecular complexity index is 638. The predicted molar refractivity (Wildman–Crippen MR) is 80.8 cm³/mol. The van der Waals surface area contributed by atoms with Crippen molar-refractivity contribution in [2.45, 2.75) is 0 Å². The molecule has 102 valence electrons. The molecule has 0 saturated carbocycles. The molecule has 0 aliphatic heterocycles. The van der Waals surface area contributed by atoms with Gasteiger partial charge in [-0.05, 0) is 52.9 Å². The average Bonchev–Trinajstić information content (AvgIpc) is 2.46. The Morgan fingerprint density at radius 3 is 2.50 bits per heavy atom. The standard InChI is InChI=1S/C15H10FIO3/c16-13-7-10(8-18)1-6-15(13)20-9-14(19)11-2-4-12(17)5-3-11/h1-8H,9H2. The number of carbonyl (C=O) groups excluding carboxylic acids is 2. The van der Waals surface area contributed by atoms with Crippen LogP contribution < -0.4 is 4.74 Å². The summed E-state index contributed by atoms with van der Waals surface area (Å²) in [6.07, 6.45) is 0.545. The fourth-order valence-corrected chi connectivity index (χ4v) is 1.93. The highest BCUT2D eigenvalue weighted by molar-refractivity contribution is 14.1. The minimum Gasteiger partial charge on any atom is -0.482 e. The van der Waals surface area contributed by atoms with Crippen molar-refractivity contribution in [3.05, 3.63) is 63.0 Å². The number of hydrogen-bond acceptors (Lipinski definition) is 3. The molecule has 0 aromatic heterocycles. The van der Waals surface area contributed by atoms with Gasteiger partial charge >= 0.3 is 0 Å². The quantitative estimate of drug-likeness (QED) is 0.450. The molecule has 2 aromatic carbocycles. The molecule has 0 spiro atoms. The molecule has 5 heteroatoms. The van der Waals surface area contributed by atoms with Crippen molar-refractivity contribution in [2.24, 2.45) is 0 Å². The average molecular weight is 384 g/mol. The summed E-state index contributed by atoms with van der Waals surface area (Å²) in [7, 11) is 0. The van der Waals surface area contributed by atoms with Crippen LogP contribution in [0.15, 0.2) is 42.5 Å². The molecule has 3 nitrogen and oxygen atoms in total. The second-order valence-corrected chi connectivity index (χ2v) is 5.27. The summed E-state index contributed by atoms with van der Waals surface area (Å²) in [5.41, 5.74) is 0.731. The van der Waals surface area contributed by atoms with Gasteiger partial charge in [-0.25, -0.2) is 4.39 Å². The van der Waals surface area contributed by atoms with Gasteiger partial charge in [0.2, 0.25) is 0 Å². The largest absolute Gasteiger partial charge is 0.482 e. The van der Waals surface area contributed by atoms with Crippen LogP contribution in [-0.2, 0) is 0 Å². The highest BCUT2D eigenvalue weighted by Gasteiger charge is 2.09. The lowest BCUT2D eigenvalue weighted by Crippen LogP contribution is -2.12. The van der Waals surface area contributed by atoms with Gasteiger partial charge in [-0.1, -0.05) is 12.1 Å². The fourth-order valence-electron chi connectivity index (χ4n) is 1.57. The Balaban J connectivity index is 2.03. The highest BCUT2D eigenvalue weighted by Crippen LogP contribution is 2.18. The van der Waals surface area contributed by atoms with Crippen molar-refractivity contribution in [3.8, 4) is 5.75 Å². The molecule has 0 fully saturated rings. The maximum absolute atomic E-state index is 13.5. The van der Waals surface area contributed by atoms with Crippen LogP contribution in [0.1, 0.15) is 20.7 Å². The van der Waals surface area contributed by atoms with E-state index < -0.39 is 5.82 Å². The SMILES string of the molecule is O=Cc1ccc(OCC(=O)c2ccc(I)cc2)c(F)c1. The zero-order valence-corrected chi connectivity index (χ0v) is 12.5. The molecule has 0 atom stereocenters. The second kappa shape index (κ2) is 6.60. The number of benzene rings is 2. The Morgan fingerprint density at radius 2 is 1.90 bits per heavy atom. The lowest BCUT2D eigenvalue weighted by Gasteiger charge is -2.07. The number of aldehydes is 1. The van der Waals surface area contributed by atoms with Gasteiger partial charge in [-0.2, -0.15) is 0 Å². The van der Waals surface area contributed by atoms with E-state index in [1.165, 1.54) is 12.1 Å². The van der Waals surface area contributed by atoms with Gasteiger partial charge in [0, 0.05) is 14.7 Å². The zero-order chi connectivity index (χ0) is 14.5. The van der Waals surface area contributed by atoms with Crippen molar-refractivity contribution < 1.29 is 18.7 Å². The normalized spacial score (nSPS) is 10.1. The first-order valence-electron chi connectivity index (χ1n) is 5.76. The van der Waals surface area contributed by atoms with Gasteiger partial charge in [0.25, 0.3) is 0 Å². The first kappa shape index (κ1) is 14.6. The third-order valence-corrected chi connectivity index (χ3v) is 3.34. The summed E-state index contributed by atoms with van der Waals surface area (Å²) in [4.78, 5) is 22.3. The van der Waals surface area contributed by atoms with E-state index in [2.05, 4.69) is 22.6 Å². The van der Waals surface area contributed by atoms with Crippen molar-refractivity contribution >= 4 is 34.7 Å². The molecule has 0 unspecified atom stereocenters. The van der Waals surface area contributed by atoms with E-state index in [1.54, 1.807) is 12.1 Å². The lowest BCUT2D eigenvalue weighted by molar-refractivity contribution is 0.0918. The number of hydrogen-bond donors (Lipinski definition) is 0. The Labute approximate surface area is 128 Å². The summed E-state index contributed by atoms with van der Waals surface area (Å²) < 4.78 is 19.7. The smallest absolute Gasteiger partial charge is 0.200 e. The van der Waals surface area contributed by atoms with Crippen molar-refractivity contribution in [1.29, 1.82) is 0 Å². The number of halogens is 2. The number of carbonyl (C=O) groups is 2. The molecule has 0 N–H and O–H groups in total. The van der Waals surface area contributed by atoms with Gasteiger partial charge in [0.05, 0.1) is 0 Å². The van der Waals surface area contributed by atoms with Crippen LogP contribution in [-0.4, -0.2) is 18.7 Å². The van der Waals surface area contributed by atoms with Crippen LogP contribution in [0.25, 0.3) is 0 Å². The third kappa shape index (κ3) is 3.63. The molecule has 2 aromatic rings. The minimum atomic E-state index is -0.662. The molecule has 0 aliphatic carbocycles. The van der Waals surface area contributed by atoms with E-state index in [9.17, 15) is 14.0 Å². The van der Waals surface area contributed by atoms with E-state index in [1.807, 2.05) is 12.1 Å². The maximum atomic E-state index is 13.5. The summed E-state index contributed by atoms with van der Waals surface area (Å²) in [6.45, 7) is -0.252. The van der Waals surface area contributed by atoms with E-state index in [4.69, 9.17) is 4.74 Å². The predicted octanol–water partition coefficient (Wildman–Crippen LogP) is 3.50. The van der Waals surface area contributed by atoms with Gasteiger partial charge in [-0.15, -0.1) is 0 Å². The Kier molecular flexibility index (Phi) is 4.84. The second-order valence-electron chi connectivity index (χ2n) is 4.03. The van der Waals surface area contributed by atoms with Gasteiger partial charge < -0.3 is 4.74 Å². The van der Waals surface area contributed by atoms with Crippen LogP contribution in [0, 0.1) is 9.39 Å². The van der Waals surface area contributed by atoms with Crippen molar-refractivity contribution in [2.75, 3.05) is 6.61 Å². The molecule has 0 radical (unpaired) electrons. The fraction of sp³-hybridized carbons (Fsp3) is 0.0667. The van der Waals surface area contributed by atoms with Crippen LogP contribution in [0.2, 0.25) is 0 Å². The summed E-state index contributed by atoms with van der Waals surface area (Å²) in [5, 5.41) is 0. The first-order chi connectivity index (χ1) is 9.60. The van der Waals surface area contributed by atoms with E-state index >= 15 is 0 Å². The van der Waals surface area contributed by atoms with Crippen LogP contribution in [0.3, 0.4) is 0 Å². The van der Waals surface area contributed by atoms with E-state index in [0.29, 0.717) is 11.8 Å². The molecule has 0 aliphatic rings. The Hall–Kier alpha value is -1.76. The van der Waals surface area contributed by atoms with Gasteiger partial charge in [0.15, 0.2) is 24.0 Å². The molecule has 0 bridgehead atoms. The van der Waals surface area contributed by atoms with Crippen LogP contribution in [0.5, 0.6) is 5.75 Å². The Morgan fingerprint density at radius 1 is 1.20 bits per heavy atom. The van der Waals surface area contributed by atoms with Gasteiger partial charge in [-0.3, -0.25) is 9.59 Å². The van der Waals surface area contributed by atoms with Crippen molar-refractivity contribution in [1.82, 2.24) is 0 Å². The number of Topliss-reactive ketones (excluding diaryl/α,β-unsaturated/α-hetero) is 1. The molecule has 2 rings (SSSR count). The maximum Gasteiger partial charge on any atom is 0.200 e. The summed E-state index contributed by atoms with van der Waals surface area (Å²) >= 11 is 2.14. The number of ether oxygens (including phenoxy) is 1. The van der Waals surface area contributed by atoms with Crippen molar-refractivity contribution in [3.63, 3.8) is 0 Å². The highest BCUT2D eigenvalue weighted by atomic mass is 127. The minimum absolute atomic E-state index is 0.0468. The first-order valence-corrected chi connectivity index (χ1v) is 6.84. The monoisotopic (exact) mass is 384 g/mol. The molecule has 0 amide bonds. The number of rotatable bonds is 5. The molecular formula is C15H10FIO3. The molecule has 0 saturated heterocycles. The molecule has 0 heterocycles. The van der Waals surface area contributed by atoms with E-state index in [-0.39, 0.29) is 23.7 Å². The van der Waals surface area contributed by atoms with Crippen LogP contribution >= 0.6 is 22.6 Å². The van der Waals surface area contributed by atoms with Crippen LogP contribution in [0.4, 0.5) is 4.39 Å². The van der Waals surface area contributed by atoms with Gasteiger partial charge in [0.1, 0.15) is 6.29 Å². The third-order valence-electron chi connectivity index (χ3n) is 2.62. The summed E-state index contributed by atoms with van der Waals surface area (Å²) in [5.74, 6) is -0.945. The topological polar surface area (TPSA) is 43.4 Å². The molecular weight excluding hydrogens is 374 g/mol. The summed E-state index contributed by atoms with van der Waals surface area (Å²) in [6, 6.07) is 10.8. The molecule has 20 heavy (non-hydrogen) atoms. The van der Waals surface area contributed by atoms with E-state index in [0.717, 1.165) is 9.64 Å². The lowest BCUT2D eigenvalue weighted by atomic mass is 10.1.